The third-order valence-corrected chi connectivity index (χ3v) is 2.52. The first-order chi connectivity index (χ1) is 7.97. The van der Waals surface area contributed by atoms with E-state index in [1.807, 2.05) is 11.8 Å². The molecule has 0 saturated carbocycles. The number of nitrogens with two attached hydrogens (primary N) is 3. The minimum Gasteiger partial charge on any atom is -0.370 e. The third kappa shape index (κ3) is 8.36. The fraction of sp³-hybridized carbons (Fsp3) is 0.818. The Kier molecular flexibility index (Phi) is 7.92. The highest BCUT2D eigenvalue weighted by Crippen LogP contribution is 2.14. The molecule has 0 amide bonds. The van der Waals surface area contributed by atoms with Gasteiger partial charge < -0.3 is 22.1 Å². The minimum atomic E-state index is 0.182. The Morgan fingerprint density at radius 2 is 2.06 bits per heavy atom. The van der Waals surface area contributed by atoms with Crippen molar-refractivity contribution in [1.29, 1.82) is 5.41 Å². The average Bonchev–Trinajstić information content (AvgIpc) is 2.27. The predicted octanol–water partition coefficient (Wildman–Crippen LogP) is 0.282. The molecule has 1 unspecified atom stereocenters. The summed E-state index contributed by atoms with van der Waals surface area (Å²) in [6.45, 7) is 6.90. The van der Waals surface area contributed by atoms with Gasteiger partial charge >= 0.3 is 0 Å². The maximum absolute atomic E-state index is 7.18. The Morgan fingerprint density at radius 3 is 2.35 bits per heavy atom. The zero-order chi connectivity index (χ0) is 13.3. The Morgan fingerprint density at radius 1 is 1.41 bits per heavy atom. The summed E-state index contributed by atoms with van der Waals surface area (Å²) in [6, 6.07) is 0. The molecular weight excluding hydrogens is 216 g/mol. The number of likely N-dealkylation sites (tertiary alicyclic amines) is 1. The lowest BCUT2D eigenvalue weighted by atomic mass is 10.0. The number of hydrogen-bond donors (Lipinski definition) is 4. The quantitative estimate of drug-likeness (QED) is 0.411. The number of rotatable bonds is 2. The van der Waals surface area contributed by atoms with Crippen molar-refractivity contribution < 1.29 is 0 Å². The summed E-state index contributed by atoms with van der Waals surface area (Å²) < 4.78 is 0. The van der Waals surface area contributed by atoms with Crippen LogP contribution in [0.5, 0.6) is 0 Å². The predicted molar refractivity (Wildman–Crippen MR) is 72.9 cm³/mol. The standard InChI is InChI=1S/C7H15N3.C4H11N3/c1-6-3-2-4-10(5-6)7(8)9;1-2-3-7-4(5)6/h6H,2-5H2,1H3,(H3,8,9);2-3H2,1H3,(H4,5,6,7). The van der Waals surface area contributed by atoms with E-state index in [4.69, 9.17) is 22.6 Å². The van der Waals surface area contributed by atoms with Gasteiger partial charge in [-0.1, -0.05) is 13.8 Å². The normalized spacial score (nSPS) is 18.9. The molecule has 6 heteroatoms. The van der Waals surface area contributed by atoms with Crippen LogP contribution in [0, 0.1) is 11.3 Å². The zero-order valence-corrected chi connectivity index (χ0v) is 10.9. The highest BCUT2D eigenvalue weighted by molar-refractivity contribution is 5.75. The molecule has 17 heavy (non-hydrogen) atoms. The molecule has 1 atom stereocenters. The number of aliphatic imine (C=N–C) groups is 1. The molecule has 100 valence electrons. The van der Waals surface area contributed by atoms with Gasteiger partial charge in [0.15, 0.2) is 11.9 Å². The molecule has 0 aliphatic carbocycles. The smallest absolute Gasteiger partial charge is 0.188 e. The Balaban J connectivity index is 0.000000325. The second kappa shape index (κ2) is 8.66. The van der Waals surface area contributed by atoms with E-state index in [-0.39, 0.29) is 11.9 Å². The van der Waals surface area contributed by atoms with Crippen molar-refractivity contribution >= 4 is 11.9 Å². The molecule has 1 fully saturated rings. The molecule has 1 saturated heterocycles. The van der Waals surface area contributed by atoms with E-state index in [1.54, 1.807) is 0 Å². The third-order valence-electron chi connectivity index (χ3n) is 2.52. The van der Waals surface area contributed by atoms with E-state index >= 15 is 0 Å². The topological polar surface area (TPSA) is 118 Å². The Labute approximate surface area is 104 Å². The molecule has 1 aliphatic rings. The minimum absolute atomic E-state index is 0.182. The molecular formula is C11H26N6. The molecule has 0 radical (unpaired) electrons. The number of nitrogens with zero attached hydrogens (tertiary/aromatic N) is 2. The van der Waals surface area contributed by atoms with Crippen LogP contribution in [-0.4, -0.2) is 36.5 Å². The van der Waals surface area contributed by atoms with Crippen LogP contribution >= 0.6 is 0 Å². The molecule has 6 nitrogen and oxygen atoms in total. The van der Waals surface area contributed by atoms with Gasteiger partial charge in [-0.2, -0.15) is 0 Å². The first kappa shape index (κ1) is 15.5. The first-order valence-electron chi connectivity index (χ1n) is 6.11. The highest BCUT2D eigenvalue weighted by atomic mass is 15.2. The highest BCUT2D eigenvalue weighted by Gasteiger charge is 2.16. The van der Waals surface area contributed by atoms with Crippen molar-refractivity contribution in [3.63, 3.8) is 0 Å². The van der Waals surface area contributed by atoms with Crippen molar-refractivity contribution in [2.24, 2.45) is 28.1 Å². The van der Waals surface area contributed by atoms with Crippen molar-refractivity contribution in [1.82, 2.24) is 4.90 Å². The van der Waals surface area contributed by atoms with Crippen molar-refractivity contribution in [3.05, 3.63) is 0 Å². The van der Waals surface area contributed by atoms with Gasteiger partial charge in [-0.05, 0) is 25.2 Å². The summed E-state index contributed by atoms with van der Waals surface area (Å²) in [5, 5.41) is 7.18. The van der Waals surface area contributed by atoms with Gasteiger partial charge in [0.1, 0.15) is 0 Å². The largest absolute Gasteiger partial charge is 0.370 e. The molecule has 0 aromatic rings. The Bertz CT molecular complexity index is 246. The van der Waals surface area contributed by atoms with Crippen molar-refractivity contribution in [2.45, 2.75) is 33.1 Å². The van der Waals surface area contributed by atoms with Crippen LogP contribution in [0.1, 0.15) is 33.1 Å². The van der Waals surface area contributed by atoms with Gasteiger partial charge in [0.2, 0.25) is 0 Å². The van der Waals surface area contributed by atoms with E-state index < -0.39 is 0 Å². The summed E-state index contributed by atoms with van der Waals surface area (Å²) in [7, 11) is 0. The van der Waals surface area contributed by atoms with Crippen molar-refractivity contribution in [2.75, 3.05) is 19.6 Å². The molecule has 0 bridgehead atoms. The van der Waals surface area contributed by atoms with Gasteiger partial charge in [0, 0.05) is 19.6 Å². The fourth-order valence-corrected chi connectivity index (χ4v) is 1.65. The summed E-state index contributed by atoms with van der Waals surface area (Å²) in [6.07, 6.45) is 3.46. The van der Waals surface area contributed by atoms with Crippen LogP contribution in [0.25, 0.3) is 0 Å². The van der Waals surface area contributed by atoms with Gasteiger partial charge in [-0.25, -0.2) is 0 Å². The van der Waals surface area contributed by atoms with E-state index in [0.29, 0.717) is 5.92 Å². The maximum atomic E-state index is 7.18. The summed E-state index contributed by atoms with van der Waals surface area (Å²) in [4.78, 5) is 5.65. The first-order valence-corrected chi connectivity index (χ1v) is 6.11. The van der Waals surface area contributed by atoms with Crippen molar-refractivity contribution in [3.8, 4) is 0 Å². The van der Waals surface area contributed by atoms with E-state index in [2.05, 4.69) is 11.9 Å². The van der Waals surface area contributed by atoms with Crippen LogP contribution in [0.3, 0.4) is 0 Å². The molecule has 1 aliphatic heterocycles. The van der Waals surface area contributed by atoms with Gasteiger partial charge in [0.05, 0.1) is 0 Å². The summed E-state index contributed by atoms with van der Waals surface area (Å²) >= 11 is 0. The number of piperidine rings is 1. The molecule has 0 aromatic carbocycles. The lowest BCUT2D eigenvalue weighted by Gasteiger charge is -2.30. The van der Waals surface area contributed by atoms with Crippen LogP contribution in [-0.2, 0) is 0 Å². The van der Waals surface area contributed by atoms with Crippen LogP contribution < -0.4 is 17.2 Å². The van der Waals surface area contributed by atoms with E-state index in [1.165, 1.54) is 12.8 Å². The van der Waals surface area contributed by atoms with Gasteiger partial charge in [-0.3, -0.25) is 10.4 Å². The number of guanidine groups is 2. The molecule has 1 heterocycles. The lowest BCUT2D eigenvalue weighted by molar-refractivity contribution is 0.269. The maximum Gasteiger partial charge on any atom is 0.188 e. The second-order valence-corrected chi connectivity index (χ2v) is 4.39. The number of nitrogens with one attached hydrogen (secondary N) is 1. The van der Waals surface area contributed by atoms with E-state index in [9.17, 15) is 0 Å². The molecule has 0 spiro atoms. The van der Waals surface area contributed by atoms with Gasteiger partial charge in [0.25, 0.3) is 0 Å². The lowest BCUT2D eigenvalue weighted by Crippen LogP contribution is -2.42. The van der Waals surface area contributed by atoms with Crippen LogP contribution in [0.4, 0.5) is 0 Å². The number of hydrogen-bond acceptors (Lipinski definition) is 2. The average molecular weight is 242 g/mol. The van der Waals surface area contributed by atoms with Crippen LogP contribution in [0.2, 0.25) is 0 Å². The molecule has 7 N–H and O–H groups in total. The molecule has 1 rings (SSSR count). The SMILES string of the molecule is CC1CCCN(C(=N)N)C1.CCCN=C(N)N. The van der Waals surface area contributed by atoms with Crippen LogP contribution in [0.15, 0.2) is 4.99 Å². The fourth-order valence-electron chi connectivity index (χ4n) is 1.65. The summed E-state index contributed by atoms with van der Waals surface area (Å²) in [5.41, 5.74) is 15.4. The second-order valence-electron chi connectivity index (χ2n) is 4.39. The van der Waals surface area contributed by atoms with Gasteiger partial charge in [-0.15, -0.1) is 0 Å². The summed E-state index contributed by atoms with van der Waals surface area (Å²) in [5.74, 6) is 1.12. The zero-order valence-electron chi connectivity index (χ0n) is 10.9. The van der Waals surface area contributed by atoms with E-state index in [0.717, 1.165) is 26.1 Å². The molecule has 0 aromatic heterocycles. The monoisotopic (exact) mass is 242 g/mol. The Hall–Kier alpha value is -1.46.